The largest absolute Gasteiger partial charge is 0.481 e. The van der Waals surface area contributed by atoms with Gasteiger partial charge >= 0.3 is 5.97 Å². The summed E-state index contributed by atoms with van der Waals surface area (Å²) in [6.07, 6.45) is 0.791. The van der Waals surface area contributed by atoms with Crippen LogP contribution in [0.5, 0.6) is 0 Å². The van der Waals surface area contributed by atoms with Crippen molar-refractivity contribution in [3.05, 3.63) is 0 Å². The van der Waals surface area contributed by atoms with Crippen molar-refractivity contribution in [3.63, 3.8) is 0 Å². The van der Waals surface area contributed by atoms with Crippen LogP contribution in [0.15, 0.2) is 0 Å². The SMILES string of the molecule is COCCC(C)(CN)CC(=O)O. The molecule has 0 bridgehead atoms. The van der Waals surface area contributed by atoms with Crippen LogP contribution in [0, 0.1) is 5.41 Å². The summed E-state index contributed by atoms with van der Waals surface area (Å²) in [4.78, 5) is 10.4. The third-order valence-corrected chi connectivity index (χ3v) is 1.98. The molecule has 4 nitrogen and oxygen atoms in total. The molecular formula is C8H17NO3. The van der Waals surface area contributed by atoms with Crippen molar-refractivity contribution in [2.45, 2.75) is 19.8 Å². The Kier molecular flexibility index (Phi) is 4.85. The highest BCUT2D eigenvalue weighted by Crippen LogP contribution is 2.24. The smallest absolute Gasteiger partial charge is 0.303 e. The van der Waals surface area contributed by atoms with Gasteiger partial charge in [-0.25, -0.2) is 0 Å². The zero-order valence-corrected chi connectivity index (χ0v) is 7.67. The van der Waals surface area contributed by atoms with E-state index in [1.165, 1.54) is 0 Å². The Balaban J connectivity index is 3.95. The Bertz CT molecular complexity index is 149. The molecule has 0 radical (unpaired) electrons. The average Bonchev–Trinajstić information content (AvgIpc) is 2.00. The molecule has 0 aromatic carbocycles. The maximum absolute atomic E-state index is 10.4. The van der Waals surface area contributed by atoms with Gasteiger partial charge in [-0.15, -0.1) is 0 Å². The van der Waals surface area contributed by atoms with E-state index in [4.69, 9.17) is 15.6 Å². The molecule has 1 atom stereocenters. The monoisotopic (exact) mass is 175 g/mol. The van der Waals surface area contributed by atoms with Crippen LogP contribution in [-0.2, 0) is 9.53 Å². The minimum Gasteiger partial charge on any atom is -0.481 e. The van der Waals surface area contributed by atoms with Crippen molar-refractivity contribution in [1.82, 2.24) is 0 Å². The molecule has 0 aromatic heterocycles. The van der Waals surface area contributed by atoms with Crippen LogP contribution in [-0.4, -0.2) is 31.3 Å². The van der Waals surface area contributed by atoms with E-state index in [2.05, 4.69) is 0 Å². The van der Waals surface area contributed by atoms with Gasteiger partial charge in [0.05, 0.1) is 6.42 Å². The first kappa shape index (κ1) is 11.4. The maximum Gasteiger partial charge on any atom is 0.303 e. The number of nitrogens with two attached hydrogens (primary N) is 1. The van der Waals surface area contributed by atoms with Gasteiger partial charge in [-0.1, -0.05) is 6.92 Å². The first-order valence-corrected chi connectivity index (χ1v) is 3.95. The lowest BCUT2D eigenvalue weighted by molar-refractivity contribution is -0.139. The summed E-state index contributed by atoms with van der Waals surface area (Å²) in [5, 5.41) is 8.58. The van der Waals surface area contributed by atoms with Crippen LogP contribution < -0.4 is 5.73 Å². The van der Waals surface area contributed by atoms with Crippen LogP contribution in [0.3, 0.4) is 0 Å². The predicted octanol–water partition coefficient (Wildman–Crippen LogP) is 0.463. The van der Waals surface area contributed by atoms with Crippen LogP contribution in [0.2, 0.25) is 0 Å². The third kappa shape index (κ3) is 4.31. The molecule has 0 rings (SSSR count). The van der Waals surface area contributed by atoms with Crippen molar-refractivity contribution in [2.24, 2.45) is 11.1 Å². The number of rotatable bonds is 6. The number of ether oxygens (including phenoxy) is 1. The first-order valence-electron chi connectivity index (χ1n) is 3.95. The topological polar surface area (TPSA) is 72.5 Å². The van der Waals surface area contributed by atoms with Crippen molar-refractivity contribution in [1.29, 1.82) is 0 Å². The van der Waals surface area contributed by atoms with Crippen LogP contribution in [0.25, 0.3) is 0 Å². The Morgan fingerprint density at radius 2 is 2.25 bits per heavy atom. The van der Waals surface area contributed by atoms with Gasteiger partial charge in [-0.05, 0) is 18.4 Å². The second-order valence-corrected chi connectivity index (χ2v) is 3.33. The molecule has 0 amide bonds. The first-order chi connectivity index (χ1) is 5.54. The van der Waals surface area contributed by atoms with Gasteiger partial charge in [-0.2, -0.15) is 0 Å². The summed E-state index contributed by atoms with van der Waals surface area (Å²) in [6, 6.07) is 0. The van der Waals surface area contributed by atoms with Crippen molar-refractivity contribution in [3.8, 4) is 0 Å². The van der Waals surface area contributed by atoms with E-state index in [-0.39, 0.29) is 11.8 Å². The molecule has 0 aliphatic heterocycles. The number of aliphatic carboxylic acids is 1. The summed E-state index contributed by atoms with van der Waals surface area (Å²) < 4.78 is 4.87. The highest BCUT2D eigenvalue weighted by atomic mass is 16.5. The zero-order valence-electron chi connectivity index (χ0n) is 7.67. The molecule has 0 saturated heterocycles. The second-order valence-electron chi connectivity index (χ2n) is 3.33. The van der Waals surface area contributed by atoms with Crippen LogP contribution >= 0.6 is 0 Å². The minimum absolute atomic E-state index is 0.104. The molecule has 72 valence electrons. The maximum atomic E-state index is 10.4. The van der Waals surface area contributed by atoms with E-state index >= 15 is 0 Å². The third-order valence-electron chi connectivity index (χ3n) is 1.98. The summed E-state index contributed by atoms with van der Waals surface area (Å²) in [5.41, 5.74) is 5.15. The Morgan fingerprint density at radius 1 is 1.67 bits per heavy atom. The number of methoxy groups -OCH3 is 1. The molecule has 4 heteroatoms. The molecule has 0 fully saturated rings. The quantitative estimate of drug-likeness (QED) is 0.615. The molecule has 0 spiro atoms. The highest BCUT2D eigenvalue weighted by Gasteiger charge is 2.25. The van der Waals surface area contributed by atoms with E-state index < -0.39 is 5.97 Å². The summed E-state index contributed by atoms with van der Waals surface area (Å²) in [7, 11) is 1.59. The summed E-state index contributed by atoms with van der Waals surface area (Å²) in [5.74, 6) is -0.806. The fourth-order valence-electron chi connectivity index (χ4n) is 0.976. The van der Waals surface area contributed by atoms with Gasteiger partial charge in [0.2, 0.25) is 0 Å². The van der Waals surface area contributed by atoms with E-state index in [0.717, 1.165) is 0 Å². The zero-order chi connectivity index (χ0) is 9.61. The summed E-state index contributed by atoms with van der Waals surface area (Å²) in [6.45, 7) is 2.80. The van der Waals surface area contributed by atoms with Crippen LogP contribution in [0.4, 0.5) is 0 Å². The van der Waals surface area contributed by atoms with Crippen molar-refractivity contribution >= 4 is 5.97 Å². The highest BCUT2D eigenvalue weighted by molar-refractivity contribution is 5.67. The molecule has 12 heavy (non-hydrogen) atoms. The second kappa shape index (κ2) is 5.11. The Hall–Kier alpha value is -0.610. The molecule has 0 aromatic rings. The number of carboxylic acids is 1. The fourth-order valence-corrected chi connectivity index (χ4v) is 0.976. The van der Waals surface area contributed by atoms with Gasteiger partial charge < -0.3 is 15.6 Å². The molecule has 0 heterocycles. The van der Waals surface area contributed by atoms with Crippen LogP contribution in [0.1, 0.15) is 19.8 Å². The van der Waals surface area contributed by atoms with Crippen molar-refractivity contribution in [2.75, 3.05) is 20.3 Å². The minimum atomic E-state index is -0.806. The lowest BCUT2D eigenvalue weighted by Gasteiger charge is -2.25. The molecule has 0 aliphatic carbocycles. The van der Waals surface area contributed by atoms with Gasteiger partial charge in [0.15, 0.2) is 0 Å². The molecular weight excluding hydrogens is 158 g/mol. The average molecular weight is 175 g/mol. The van der Waals surface area contributed by atoms with E-state index in [1.807, 2.05) is 6.92 Å². The van der Waals surface area contributed by atoms with E-state index in [1.54, 1.807) is 7.11 Å². The number of hydrogen-bond donors (Lipinski definition) is 2. The van der Waals surface area contributed by atoms with E-state index in [9.17, 15) is 4.79 Å². The van der Waals surface area contributed by atoms with Gasteiger partial charge in [0.25, 0.3) is 0 Å². The normalized spacial score (nSPS) is 15.6. The summed E-state index contributed by atoms with van der Waals surface area (Å²) >= 11 is 0. The number of carboxylic acid groups (broad SMARTS) is 1. The fraction of sp³-hybridized carbons (Fsp3) is 0.875. The van der Waals surface area contributed by atoms with Crippen molar-refractivity contribution < 1.29 is 14.6 Å². The molecule has 3 N–H and O–H groups in total. The van der Waals surface area contributed by atoms with E-state index in [0.29, 0.717) is 19.6 Å². The Morgan fingerprint density at radius 3 is 2.58 bits per heavy atom. The van der Waals surface area contributed by atoms with Gasteiger partial charge in [0, 0.05) is 13.7 Å². The Labute approximate surface area is 72.7 Å². The predicted molar refractivity (Wildman–Crippen MR) is 45.9 cm³/mol. The lowest BCUT2D eigenvalue weighted by atomic mass is 9.84. The molecule has 0 saturated carbocycles. The van der Waals surface area contributed by atoms with Gasteiger partial charge in [0.1, 0.15) is 0 Å². The number of carbonyl (C=O) groups is 1. The molecule has 0 aliphatic rings. The van der Waals surface area contributed by atoms with Gasteiger partial charge in [-0.3, -0.25) is 4.79 Å². The number of hydrogen-bond acceptors (Lipinski definition) is 3. The standard InChI is InChI=1S/C8H17NO3/c1-8(6-9,3-4-12-2)5-7(10)11/h3-6,9H2,1-2H3,(H,10,11). The lowest BCUT2D eigenvalue weighted by Crippen LogP contribution is -2.31. The molecule has 1 unspecified atom stereocenters.